The molecular formula is C18H27N5OS. The fourth-order valence-corrected chi connectivity index (χ4v) is 4.35. The Kier molecular flexibility index (Phi) is 5.66. The van der Waals surface area contributed by atoms with Gasteiger partial charge in [-0.25, -0.2) is 9.67 Å². The number of piperidine rings is 1. The van der Waals surface area contributed by atoms with Crippen LogP contribution in [0, 0.1) is 13.8 Å². The molecule has 1 aliphatic rings. The lowest BCUT2D eigenvalue weighted by molar-refractivity contribution is 0.164. The summed E-state index contributed by atoms with van der Waals surface area (Å²) >= 11 is 1.55. The first-order chi connectivity index (χ1) is 12.0. The summed E-state index contributed by atoms with van der Waals surface area (Å²) in [7, 11) is 1.70. The molecule has 3 heterocycles. The van der Waals surface area contributed by atoms with Crippen molar-refractivity contribution in [3.63, 3.8) is 0 Å². The van der Waals surface area contributed by atoms with E-state index in [2.05, 4.69) is 27.6 Å². The molecule has 1 saturated heterocycles. The lowest BCUT2D eigenvalue weighted by Gasteiger charge is -2.33. The molecule has 1 fully saturated rings. The summed E-state index contributed by atoms with van der Waals surface area (Å²) in [6, 6.07) is 0.571. The van der Waals surface area contributed by atoms with Gasteiger partial charge in [0.1, 0.15) is 5.01 Å². The molecule has 7 heteroatoms. The Labute approximate surface area is 152 Å². The number of thiazole rings is 1. The van der Waals surface area contributed by atoms with Crippen molar-refractivity contribution < 1.29 is 0 Å². The van der Waals surface area contributed by atoms with Crippen molar-refractivity contribution in [2.24, 2.45) is 7.05 Å². The van der Waals surface area contributed by atoms with E-state index in [0.717, 1.165) is 48.1 Å². The molecule has 3 rings (SSSR count). The minimum absolute atomic E-state index is 0.0761. The minimum Gasteiger partial charge on any atom is -0.315 e. The minimum atomic E-state index is -0.0761. The average molecular weight is 362 g/mol. The molecule has 1 aliphatic heterocycles. The predicted octanol–water partition coefficient (Wildman–Crippen LogP) is 2.09. The van der Waals surface area contributed by atoms with Crippen molar-refractivity contribution in [1.29, 1.82) is 0 Å². The summed E-state index contributed by atoms with van der Waals surface area (Å²) in [5, 5.41) is 10.6. The molecule has 25 heavy (non-hydrogen) atoms. The summed E-state index contributed by atoms with van der Waals surface area (Å²) < 4.78 is 1.41. The first kappa shape index (κ1) is 18.2. The normalized spacial score (nSPS) is 18.0. The zero-order chi connectivity index (χ0) is 18.0. The van der Waals surface area contributed by atoms with E-state index in [1.54, 1.807) is 18.4 Å². The molecule has 1 N–H and O–H groups in total. The Morgan fingerprint density at radius 1 is 1.44 bits per heavy atom. The average Bonchev–Trinajstić information content (AvgIpc) is 3.07. The van der Waals surface area contributed by atoms with Crippen molar-refractivity contribution in [1.82, 2.24) is 25.0 Å². The molecule has 0 saturated carbocycles. The third-order valence-corrected chi connectivity index (χ3v) is 5.96. The maximum absolute atomic E-state index is 12.5. The molecule has 1 unspecified atom stereocenters. The molecule has 0 bridgehead atoms. The summed E-state index contributed by atoms with van der Waals surface area (Å²) in [5.74, 6) is 0. The maximum Gasteiger partial charge on any atom is 0.277 e. The van der Waals surface area contributed by atoms with E-state index in [9.17, 15) is 4.79 Å². The molecular weight excluding hydrogens is 334 g/mol. The van der Waals surface area contributed by atoms with Crippen LogP contribution in [-0.4, -0.2) is 45.3 Å². The highest BCUT2D eigenvalue weighted by Crippen LogP contribution is 2.26. The van der Waals surface area contributed by atoms with Gasteiger partial charge in [-0.1, -0.05) is 6.92 Å². The number of likely N-dealkylation sites (N-methyl/N-ethyl adjacent to an activating group) is 1. The van der Waals surface area contributed by atoms with Crippen molar-refractivity contribution >= 4 is 11.3 Å². The molecule has 0 amide bonds. The fraction of sp³-hybridized carbons (Fsp3) is 0.611. The molecule has 0 spiro atoms. The number of nitrogens with zero attached hydrogens (tertiary/aromatic N) is 4. The standard InChI is InChI=1S/C18H27N5OS/c1-5-23(15-7-6-8-19-9-15)10-14-11-25-17(20-14)16-12(2)13(3)21-22(4)18(16)24/h11,15,19H,5-10H2,1-4H3. The van der Waals surface area contributed by atoms with Gasteiger partial charge in [-0.3, -0.25) is 9.69 Å². The third-order valence-electron chi connectivity index (χ3n) is 5.05. The van der Waals surface area contributed by atoms with Crippen LogP contribution in [0.3, 0.4) is 0 Å². The van der Waals surface area contributed by atoms with Gasteiger partial charge in [-0.2, -0.15) is 5.10 Å². The Morgan fingerprint density at radius 2 is 2.24 bits per heavy atom. The van der Waals surface area contributed by atoms with Gasteiger partial charge in [0, 0.05) is 31.6 Å². The SMILES string of the molecule is CCN(Cc1csc(-c2c(C)c(C)nn(C)c2=O)n1)C1CCCNC1. The molecule has 0 aliphatic carbocycles. The summed E-state index contributed by atoms with van der Waals surface area (Å²) in [4.78, 5) is 19.8. The van der Waals surface area contributed by atoms with Crippen molar-refractivity contribution in [2.45, 2.75) is 46.2 Å². The van der Waals surface area contributed by atoms with E-state index in [1.807, 2.05) is 13.8 Å². The zero-order valence-electron chi connectivity index (χ0n) is 15.5. The second-order valence-electron chi connectivity index (χ2n) is 6.72. The Balaban J connectivity index is 1.84. The number of aryl methyl sites for hydroxylation is 2. The number of rotatable bonds is 5. The lowest BCUT2D eigenvalue weighted by Crippen LogP contribution is -2.45. The van der Waals surface area contributed by atoms with Crippen LogP contribution < -0.4 is 10.9 Å². The lowest BCUT2D eigenvalue weighted by atomic mass is 10.1. The third kappa shape index (κ3) is 3.83. The maximum atomic E-state index is 12.5. The van der Waals surface area contributed by atoms with E-state index in [4.69, 9.17) is 4.98 Å². The smallest absolute Gasteiger partial charge is 0.277 e. The number of nitrogens with one attached hydrogen (secondary N) is 1. The molecule has 2 aromatic rings. The number of aromatic nitrogens is 3. The van der Waals surface area contributed by atoms with Gasteiger partial charge in [-0.05, 0) is 45.3 Å². The zero-order valence-corrected chi connectivity index (χ0v) is 16.3. The molecule has 0 radical (unpaired) electrons. The molecule has 1 atom stereocenters. The van der Waals surface area contributed by atoms with Gasteiger partial charge in [0.15, 0.2) is 0 Å². The van der Waals surface area contributed by atoms with Crippen LogP contribution >= 0.6 is 11.3 Å². The largest absolute Gasteiger partial charge is 0.315 e. The van der Waals surface area contributed by atoms with Gasteiger partial charge < -0.3 is 5.32 Å². The Morgan fingerprint density at radius 3 is 2.92 bits per heavy atom. The summed E-state index contributed by atoms with van der Waals surface area (Å²) in [6.07, 6.45) is 2.47. The van der Waals surface area contributed by atoms with E-state index >= 15 is 0 Å². The number of hydrogen-bond acceptors (Lipinski definition) is 6. The van der Waals surface area contributed by atoms with Crippen LogP contribution in [0.1, 0.15) is 36.7 Å². The molecule has 2 aromatic heterocycles. The van der Waals surface area contributed by atoms with Crippen LogP contribution in [0.4, 0.5) is 0 Å². The van der Waals surface area contributed by atoms with Crippen LogP contribution in [-0.2, 0) is 13.6 Å². The highest BCUT2D eigenvalue weighted by atomic mass is 32.1. The van der Waals surface area contributed by atoms with E-state index in [1.165, 1.54) is 17.5 Å². The Hall–Kier alpha value is -1.57. The summed E-state index contributed by atoms with van der Waals surface area (Å²) in [5.41, 5.74) is 3.45. The van der Waals surface area contributed by atoms with Gasteiger partial charge in [0.25, 0.3) is 5.56 Å². The predicted molar refractivity (Wildman–Crippen MR) is 102 cm³/mol. The fourth-order valence-electron chi connectivity index (χ4n) is 3.45. The van der Waals surface area contributed by atoms with Gasteiger partial charge >= 0.3 is 0 Å². The van der Waals surface area contributed by atoms with Crippen LogP contribution in [0.5, 0.6) is 0 Å². The van der Waals surface area contributed by atoms with Gasteiger partial charge in [0.05, 0.1) is 17.0 Å². The van der Waals surface area contributed by atoms with Gasteiger partial charge in [0.2, 0.25) is 0 Å². The quantitative estimate of drug-likeness (QED) is 0.884. The molecule has 6 nitrogen and oxygen atoms in total. The van der Waals surface area contributed by atoms with E-state index in [0.29, 0.717) is 11.6 Å². The Bertz CT molecular complexity index is 791. The van der Waals surface area contributed by atoms with Crippen LogP contribution in [0.25, 0.3) is 10.6 Å². The van der Waals surface area contributed by atoms with Crippen molar-refractivity contribution in [2.75, 3.05) is 19.6 Å². The molecule has 136 valence electrons. The summed E-state index contributed by atoms with van der Waals surface area (Å²) in [6.45, 7) is 10.1. The highest BCUT2D eigenvalue weighted by molar-refractivity contribution is 7.13. The van der Waals surface area contributed by atoms with Crippen LogP contribution in [0.15, 0.2) is 10.2 Å². The highest BCUT2D eigenvalue weighted by Gasteiger charge is 2.21. The van der Waals surface area contributed by atoms with Crippen molar-refractivity contribution in [3.8, 4) is 10.6 Å². The molecule has 0 aromatic carbocycles. The second kappa shape index (κ2) is 7.76. The number of hydrogen-bond donors (Lipinski definition) is 1. The van der Waals surface area contributed by atoms with E-state index < -0.39 is 0 Å². The second-order valence-corrected chi connectivity index (χ2v) is 7.58. The van der Waals surface area contributed by atoms with Crippen molar-refractivity contribution in [3.05, 3.63) is 32.7 Å². The topological polar surface area (TPSA) is 63.1 Å². The first-order valence-corrected chi connectivity index (χ1v) is 9.83. The first-order valence-electron chi connectivity index (χ1n) is 8.95. The van der Waals surface area contributed by atoms with Crippen LogP contribution in [0.2, 0.25) is 0 Å². The van der Waals surface area contributed by atoms with E-state index in [-0.39, 0.29) is 5.56 Å². The van der Waals surface area contributed by atoms with Gasteiger partial charge in [-0.15, -0.1) is 11.3 Å². The monoisotopic (exact) mass is 361 g/mol.